The van der Waals surface area contributed by atoms with Crippen LogP contribution in [0.5, 0.6) is 5.75 Å². The van der Waals surface area contributed by atoms with E-state index in [2.05, 4.69) is 31.9 Å². The molecule has 1 aromatic heterocycles. The number of phenols is 1. The van der Waals surface area contributed by atoms with Gasteiger partial charge in [-0.2, -0.15) is 0 Å². The van der Waals surface area contributed by atoms with Crippen molar-refractivity contribution in [2.24, 2.45) is 0 Å². The first-order valence-electron chi connectivity index (χ1n) is 7.58. The number of carbonyl (C=O) groups is 1. The second-order valence-electron chi connectivity index (χ2n) is 5.73. The number of aryl methyl sites for hydroxylation is 1. The van der Waals surface area contributed by atoms with Crippen LogP contribution in [0.15, 0.2) is 25.5 Å². The smallest absolute Gasteiger partial charge is 0.197 e. The van der Waals surface area contributed by atoms with Crippen molar-refractivity contribution in [2.45, 2.75) is 13.3 Å². The lowest BCUT2D eigenvalue weighted by atomic mass is 9.65. The fourth-order valence-electron chi connectivity index (χ4n) is 2.80. The van der Waals surface area contributed by atoms with Crippen LogP contribution in [0.25, 0.3) is 11.0 Å². The van der Waals surface area contributed by atoms with E-state index in [1.807, 2.05) is 6.92 Å². The molecule has 0 fully saturated rings. The summed E-state index contributed by atoms with van der Waals surface area (Å²) in [5.41, 5.74) is 1.38. The second kappa shape index (κ2) is 7.01. The van der Waals surface area contributed by atoms with Gasteiger partial charge < -0.3 is 9.52 Å². The van der Waals surface area contributed by atoms with Gasteiger partial charge in [-0.15, -0.1) is 10.9 Å². The van der Waals surface area contributed by atoms with Gasteiger partial charge in [0.25, 0.3) is 0 Å². The van der Waals surface area contributed by atoms with Gasteiger partial charge in [0.05, 0.1) is 14.5 Å². The Hall–Kier alpha value is -1.33. The van der Waals surface area contributed by atoms with Gasteiger partial charge in [0.1, 0.15) is 48.5 Å². The van der Waals surface area contributed by atoms with Crippen molar-refractivity contribution >= 4 is 102 Å². The lowest BCUT2D eigenvalue weighted by Gasteiger charge is -2.13. The highest BCUT2D eigenvalue weighted by atomic mass is 79.9. The average molecular weight is 463 g/mol. The molecule has 3 rings (SSSR count). The van der Waals surface area contributed by atoms with E-state index >= 15 is 0 Å². The zero-order valence-electron chi connectivity index (χ0n) is 13.7. The summed E-state index contributed by atoms with van der Waals surface area (Å²) in [6, 6.07) is 3.03. The summed E-state index contributed by atoms with van der Waals surface area (Å²) in [5.74, 6) is 0.0843. The minimum Gasteiger partial charge on any atom is -0.506 e. The SMILES string of the molecule is [B]c1c([B])c([B])c2c(C(=O)c3cc(Br)c(O)c(Br)c3)c(CC)oc2c1[B]. The molecule has 0 aliphatic rings. The molecule has 26 heavy (non-hydrogen) atoms. The number of benzene rings is 2. The number of hydrogen-bond acceptors (Lipinski definition) is 3. The van der Waals surface area contributed by atoms with E-state index in [0.717, 1.165) is 0 Å². The third kappa shape index (κ3) is 2.89. The van der Waals surface area contributed by atoms with Crippen molar-refractivity contribution < 1.29 is 14.3 Å². The van der Waals surface area contributed by atoms with Crippen molar-refractivity contribution in [3.05, 3.63) is 38.0 Å². The van der Waals surface area contributed by atoms with Crippen LogP contribution in [-0.2, 0) is 6.42 Å². The summed E-state index contributed by atoms with van der Waals surface area (Å²) in [6.07, 6.45) is 0.439. The third-order valence-corrected chi connectivity index (χ3v) is 5.40. The molecular formula is C17H8B4Br2O3. The van der Waals surface area contributed by atoms with E-state index in [-0.39, 0.29) is 44.5 Å². The first-order chi connectivity index (χ1) is 12.2. The maximum absolute atomic E-state index is 13.2. The Labute approximate surface area is 172 Å². The molecule has 0 saturated heterocycles. The van der Waals surface area contributed by atoms with Crippen LogP contribution in [-0.4, -0.2) is 42.3 Å². The number of rotatable bonds is 3. The number of ketones is 1. The molecule has 1 N–H and O–H groups in total. The van der Waals surface area contributed by atoms with Crippen LogP contribution in [0.3, 0.4) is 0 Å². The van der Waals surface area contributed by atoms with E-state index in [4.69, 9.17) is 35.8 Å². The summed E-state index contributed by atoms with van der Waals surface area (Å²) in [6.45, 7) is 1.84. The summed E-state index contributed by atoms with van der Waals surface area (Å²) < 4.78 is 6.53. The third-order valence-electron chi connectivity index (χ3n) is 4.19. The van der Waals surface area contributed by atoms with Crippen LogP contribution in [0, 0.1) is 0 Å². The van der Waals surface area contributed by atoms with E-state index in [9.17, 15) is 9.90 Å². The fraction of sp³-hybridized carbons (Fsp3) is 0.118. The molecule has 0 saturated carbocycles. The number of carbonyl (C=O) groups excluding carboxylic acids is 1. The number of furan rings is 1. The minimum absolute atomic E-state index is 0.00454. The van der Waals surface area contributed by atoms with Crippen LogP contribution in [0.4, 0.5) is 0 Å². The summed E-state index contributed by atoms with van der Waals surface area (Å²) in [5, 5.41) is 10.2. The summed E-state index contributed by atoms with van der Waals surface area (Å²) in [4.78, 5) is 13.2. The first kappa shape index (κ1) is 19.4. The van der Waals surface area contributed by atoms with Crippen molar-refractivity contribution in [3.63, 3.8) is 0 Å². The number of halogens is 2. The molecule has 0 atom stereocenters. The molecule has 0 spiro atoms. The molecular weight excluding hydrogens is 455 g/mol. The number of hydrogen-bond donors (Lipinski definition) is 1. The number of fused-ring (bicyclic) bond motifs is 1. The van der Waals surface area contributed by atoms with Gasteiger partial charge in [-0.25, -0.2) is 0 Å². The fourth-order valence-corrected chi connectivity index (χ4v) is 3.99. The van der Waals surface area contributed by atoms with Gasteiger partial charge in [0.2, 0.25) is 0 Å². The highest BCUT2D eigenvalue weighted by molar-refractivity contribution is 9.11. The Bertz CT molecular complexity index is 1050. The van der Waals surface area contributed by atoms with Crippen LogP contribution < -0.4 is 21.9 Å². The highest BCUT2D eigenvalue weighted by Crippen LogP contribution is 2.35. The molecule has 3 aromatic rings. The topological polar surface area (TPSA) is 50.4 Å². The minimum atomic E-state index is -0.336. The first-order valence-corrected chi connectivity index (χ1v) is 9.17. The van der Waals surface area contributed by atoms with E-state index < -0.39 is 0 Å². The monoisotopic (exact) mass is 462 g/mol. The summed E-state index contributed by atoms with van der Waals surface area (Å²) >= 11 is 6.45. The standard InChI is InChI=1S/C17H8B4Br2O3/c1-2-8-9(15(24)5-3-6(22)16(25)7(23)4-5)10-11(18)12(19)13(20)14(21)17(10)26-8/h3-4,25H,2H2,1H3. The van der Waals surface area contributed by atoms with Gasteiger partial charge in [-0.3, -0.25) is 4.79 Å². The van der Waals surface area contributed by atoms with Crippen molar-refractivity contribution in [1.82, 2.24) is 0 Å². The van der Waals surface area contributed by atoms with Crippen LogP contribution in [0.2, 0.25) is 0 Å². The molecule has 2 aromatic carbocycles. The zero-order chi connectivity index (χ0) is 19.3. The molecule has 9 heteroatoms. The Morgan fingerprint density at radius 3 is 2.12 bits per heavy atom. The Kier molecular flexibility index (Phi) is 5.24. The normalized spacial score (nSPS) is 11.2. The van der Waals surface area contributed by atoms with E-state index in [1.54, 1.807) is 0 Å². The van der Waals surface area contributed by atoms with Gasteiger partial charge in [-0.1, -0.05) is 17.8 Å². The van der Waals surface area contributed by atoms with Gasteiger partial charge in [0.15, 0.2) is 5.78 Å². The maximum atomic E-state index is 13.2. The molecule has 0 aliphatic heterocycles. The van der Waals surface area contributed by atoms with Gasteiger partial charge >= 0.3 is 0 Å². The van der Waals surface area contributed by atoms with Gasteiger partial charge in [-0.05, 0) is 44.0 Å². The molecule has 0 unspecified atom stereocenters. The predicted octanol–water partition coefficient (Wildman–Crippen LogP) is 0.632. The lowest BCUT2D eigenvalue weighted by Crippen LogP contribution is -2.47. The molecule has 0 aliphatic carbocycles. The Morgan fingerprint density at radius 2 is 1.58 bits per heavy atom. The molecule has 1 heterocycles. The van der Waals surface area contributed by atoms with Crippen LogP contribution >= 0.6 is 31.9 Å². The lowest BCUT2D eigenvalue weighted by molar-refractivity contribution is 0.103. The number of phenolic OH excluding ortho intramolecular Hbond substituents is 1. The Balaban J connectivity index is 2.36. The molecule has 0 bridgehead atoms. The van der Waals surface area contributed by atoms with Crippen molar-refractivity contribution in [2.75, 3.05) is 0 Å². The van der Waals surface area contributed by atoms with Crippen molar-refractivity contribution in [3.8, 4) is 5.75 Å². The Morgan fingerprint density at radius 1 is 1.04 bits per heavy atom. The zero-order valence-corrected chi connectivity index (χ0v) is 16.9. The number of aromatic hydroxyl groups is 1. The van der Waals surface area contributed by atoms with Crippen LogP contribution in [0.1, 0.15) is 28.6 Å². The second-order valence-corrected chi connectivity index (χ2v) is 7.44. The molecule has 3 nitrogen and oxygen atoms in total. The van der Waals surface area contributed by atoms with Crippen molar-refractivity contribution in [1.29, 1.82) is 0 Å². The molecule has 8 radical (unpaired) electrons. The average Bonchev–Trinajstić information content (AvgIpc) is 3.01. The van der Waals surface area contributed by atoms with Gasteiger partial charge in [0, 0.05) is 17.4 Å². The predicted molar refractivity (Wildman–Crippen MR) is 114 cm³/mol. The molecule has 120 valence electrons. The molecule has 0 amide bonds. The highest BCUT2D eigenvalue weighted by Gasteiger charge is 2.25. The largest absolute Gasteiger partial charge is 0.506 e. The van der Waals surface area contributed by atoms with E-state index in [0.29, 0.717) is 32.1 Å². The quantitative estimate of drug-likeness (QED) is 0.458. The summed E-state index contributed by atoms with van der Waals surface area (Å²) in [7, 11) is 24.0. The van der Waals surface area contributed by atoms with E-state index in [1.165, 1.54) is 12.1 Å². The maximum Gasteiger partial charge on any atom is 0.197 e.